The van der Waals surface area contributed by atoms with Crippen molar-refractivity contribution in [3.8, 4) is 11.3 Å². The molecule has 0 saturated carbocycles. The fourth-order valence-electron chi connectivity index (χ4n) is 2.87. The molecule has 0 saturated heterocycles. The fraction of sp³-hybridized carbons (Fsp3) is 0.222. The number of aryl methyl sites for hydroxylation is 1. The van der Waals surface area contributed by atoms with Gasteiger partial charge in [0.2, 0.25) is 0 Å². The molecule has 116 valence electrons. The van der Waals surface area contributed by atoms with Crippen molar-refractivity contribution >= 4 is 37.9 Å². The van der Waals surface area contributed by atoms with Crippen LogP contribution in [0.4, 0.5) is 0 Å². The summed E-state index contributed by atoms with van der Waals surface area (Å²) in [6, 6.07) is 12.1. The van der Waals surface area contributed by atoms with Crippen LogP contribution < -0.4 is 0 Å². The number of hydrogen-bond donors (Lipinski definition) is 0. The molecular formula is C18H16BrN3O. The van der Waals surface area contributed by atoms with Crippen LogP contribution in [0, 0.1) is 0 Å². The smallest absolute Gasteiger partial charge is 0.176 e. The summed E-state index contributed by atoms with van der Waals surface area (Å²) in [7, 11) is 0. The van der Waals surface area contributed by atoms with E-state index in [4.69, 9.17) is 4.52 Å². The van der Waals surface area contributed by atoms with Gasteiger partial charge in [-0.2, -0.15) is 0 Å². The van der Waals surface area contributed by atoms with Gasteiger partial charge < -0.3 is 9.09 Å². The van der Waals surface area contributed by atoms with E-state index in [1.807, 2.05) is 36.7 Å². The molecule has 2 heterocycles. The summed E-state index contributed by atoms with van der Waals surface area (Å²) >= 11 is 3.46. The van der Waals surface area contributed by atoms with Gasteiger partial charge in [-0.1, -0.05) is 34.4 Å². The average molecular weight is 370 g/mol. The number of nitrogens with zero attached hydrogens (tertiary/aromatic N) is 3. The third-order valence-corrected chi connectivity index (χ3v) is 4.62. The first-order valence-electron chi connectivity index (χ1n) is 7.77. The predicted octanol–water partition coefficient (Wildman–Crippen LogP) is 5.41. The highest BCUT2D eigenvalue weighted by Crippen LogP contribution is 2.34. The Morgan fingerprint density at radius 3 is 2.74 bits per heavy atom. The van der Waals surface area contributed by atoms with Gasteiger partial charge in [0, 0.05) is 16.6 Å². The lowest BCUT2D eigenvalue weighted by Crippen LogP contribution is -1.94. The number of halogens is 1. The standard InChI is InChI=1S/C18H16BrN3O/c1-2-3-10-22-11-20-17-15(22)9-8-14-16(17)18(23-21-14)12-4-6-13(19)7-5-12/h4-9,11H,2-3,10H2,1H3. The van der Waals surface area contributed by atoms with Crippen LogP contribution in [0.5, 0.6) is 0 Å². The van der Waals surface area contributed by atoms with Gasteiger partial charge >= 0.3 is 0 Å². The summed E-state index contributed by atoms with van der Waals surface area (Å²) in [6.45, 7) is 3.18. The molecule has 0 aliphatic heterocycles. The SMILES string of the molecule is CCCCn1cnc2c3c(-c4ccc(Br)cc4)onc3ccc21. The molecule has 0 radical (unpaired) electrons. The van der Waals surface area contributed by atoms with Crippen molar-refractivity contribution < 1.29 is 4.52 Å². The van der Waals surface area contributed by atoms with Crippen molar-refractivity contribution in [3.05, 3.63) is 47.2 Å². The molecule has 2 aromatic carbocycles. The Hall–Kier alpha value is -2.14. The molecule has 23 heavy (non-hydrogen) atoms. The summed E-state index contributed by atoms with van der Waals surface area (Å²) < 4.78 is 8.87. The molecule has 4 aromatic rings. The van der Waals surface area contributed by atoms with E-state index in [0.29, 0.717) is 0 Å². The van der Waals surface area contributed by atoms with Gasteiger partial charge in [0.25, 0.3) is 0 Å². The quantitative estimate of drug-likeness (QED) is 0.483. The Labute approximate surface area is 142 Å². The van der Waals surface area contributed by atoms with E-state index in [1.54, 1.807) is 0 Å². The zero-order valence-electron chi connectivity index (χ0n) is 12.8. The van der Waals surface area contributed by atoms with Crippen LogP contribution in [-0.2, 0) is 6.54 Å². The number of benzene rings is 2. The minimum absolute atomic E-state index is 0.777. The first-order valence-corrected chi connectivity index (χ1v) is 8.56. The molecule has 4 nitrogen and oxygen atoms in total. The van der Waals surface area contributed by atoms with Crippen molar-refractivity contribution in [3.63, 3.8) is 0 Å². The molecule has 2 aromatic heterocycles. The first-order chi connectivity index (χ1) is 11.3. The maximum atomic E-state index is 5.62. The van der Waals surface area contributed by atoms with E-state index < -0.39 is 0 Å². The van der Waals surface area contributed by atoms with Gasteiger partial charge in [-0.05, 0) is 42.8 Å². The molecule has 4 rings (SSSR count). The van der Waals surface area contributed by atoms with E-state index >= 15 is 0 Å². The number of imidazole rings is 1. The third kappa shape index (κ3) is 2.45. The van der Waals surface area contributed by atoms with Gasteiger partial charge in [-0.3, -0.25) is 0 Å². The zero-order valence-corrected chi connectivity index (χ0v) is 14.4. The Kier molecular flexibility index (Phi) is 3.65. The molecule has 0 amide bonds. The van der Waals surface area contributed by atoms with E-state index in [2.05, 4.69) is 43.6 Å². The summed E-state index contributed by atoms with van der Waals surface area (Å²) in [5.74, 6) is 0.777. The second-order valence-electron chi connectivity index (χ2n) is 5.64. The monoisotopic (exact) mass is 369 g/mol. The largest absolute Gasteiger partial charge is 0.355 e. The molecule has 0 atom stereocenters. The molecule has 0 N–H and O–H groups in total. The molecular weight excluding hydrogens is 354 g/mol. The highest BCUT2D eigenvalue weighted by molar-refractivity contribution is 9.10. The molecule has 0 fully saturated rings. The molecule has 0 spiro atoms. The Morgan fingerprint density at radius 1 is 1.13 bits per heavy atom. The summed E-state index contributed by atoms with van der Waals surface area (Å²) in [4.78, 5) is 4.63. The van der Waals surface area contributed by atoms with Gasteiger partial charge in [0.15, 0.2) is 5.76 Å². The lowest BCUT2D eigenvalue weighted by atomic mass is 10.1. The minimum atomic E-state index is 0.777. The van der Waals surface area contributed by atoms with Gasteiger partial charge in [0.1, 0.15) is 11.0 Å². The molecule has 0 unspecified atom stereocenters. The van der Waals surface area contributed by atoms with Crippen molar-refractivity contribution in [1.82, 2.24) is 14.7 Å². The summed E-state index contributed by atoms with van der Waals surface area (Å²) in [6.07, 6.45) is 4.23. The van der Waals surface area contributed by atoms with Crippen LogP contribution in [-0.4, -0.2) is 14.7 Å². The molecule has 0 aliphatic rings. The van der Waals surface area contributed by atoms with Gasteiger partial charge in [-0.15, -0.1) is 0 Å². The van der Waals surface area contributed by atoms with Crippen LogP contribution in [0.3, 0.4) is 0 Å². The number of unbranched alkanes of at least 4 members (excludes halogenated alkanes) is 1. The van der Waals surface area contributed by atoms with Crippen molar-refractivity contribution in [2.45, 2.75) is 26.3 Å². The molecule has 0 bridgehead atoms. The fourth-order valence-corrected chi connectivity index (χ4v) is 3.13. The maximum absolute atomic E-state index is 5.62. The second kappa shape index (κ2) is 5.81. The van der Waals surface area contributed by atoms with E-state index in [0.717, 1.165) is 50.7 Å². The Bertz CT molecular complexity index is 969. The number of aromatic nitrogens is 3. The van der Waals surface area contributed by atoms with Crippen LogP contribution in [0.1, 0.15) is 19.8 Å². The van der Waals surface area contributed by atoms with E-state index in [9.17, 15) is 0 Å². The zero-order chi connectivity index (χ0) is 15.8. The highest BCUT2D eigenvalue weighted by atomic mass is 79.9. The lowest BCUT2D eigenvalue weighted by molar-refractivity contribution is 0.441. The van der Waals surface area contributed by atoms with E-state index in [-0.39, 0.29) is 0 Å². The predicted molar refractivity (Wildman–Crippen MR) is 95.3 cm³/mol. The second-order valence-corrected chi connectivity index (χ2v) is 6.55. The van der Waals surface area contributed by atoms with Crippen molar-refractivity contribution in [2.75, 3.05) is 0 Å². The Morgan fingerprint density at radius 2 is 1.96 bits per heavy atom. The molecule has 0 aliphatic carbocycles. The highest BCUT2D eigenvalue weighted by Gasteiger charge is 2.16. The van der Waals surface area contributed by atoms with Gasteiger partial charge in [-0.25, -0.2) is 4.98 Å². The van der Waals surface area contributed by atoms with Crippen LogP contribution in [0.25, 0.3) is 33.3 Å². The third-order valence-electron chi connectivity index (χ3n) is 4.09. The summed E-state index contributed by atoms with van der Waals surface area (Å²) in [5, 5.41) is 5.19. The van der Waals surface area contributed by atoms with Crippen molar-refractivity contribution in [2.24, 2.45) is 0 Å². The Balaban J connectivity index is 1.92. The van der Waals surface area contributed by atoms with Crippen LogP contribution in [0.2, 0.25) is 0 Å². The number of hydrogen-bond acceptors (Lipinski definition) is 3. The number of rotatable bonds is 4. The normalized spacial score (nSPS) is 11.6. The lowest BCUT2D eigenvalue weighted by Gasteiger charge is -2.02. The van der Waals surface area contributed by atoms with Crippen LogP contribution >= 0.6 is 15.9 Å². The topological polar surface area (TPSA) is 43.9 Å². The van der Waals surface area contributed by atoms with Crippen LogP contribution in [0.15, 0.2) is 51.7 Å². The van der Waals surface area contributed by atoms with Gasteiger partial charge in [0.05, 0.1) is 17.2 Å². The van der Waals surface area contributed by atoms with E-state index in [1.165, 1.54) is 6.42 Å². The first kappa shape index (κ1) is 14.5. The number of fused-ring (bicyclic) bond motifs is 3. The average Bonchev–Trinajstić information content (AvgIpc) is 3.17. The summed E-state index contributed by atoms with van der Waals surface area (Å²) in [5.41, 5.74) is 3.94. The van der Waals surface area contributed by atoms with Crippen molar-refractivity contribution in [1.29, 1.82) is 0 Å². The maximum Gasteiger partial charge on any atom is 0.176 e. The molecule has 5 heteroatoms. The minimum Gasteiger partial charge on any atom is -0.355 e.